The first-order valence-corrected chi connectivity index (χ1v) is 20.9. The fraction of sp³-hybridized carbons (Fsp3) is 0.425. The van der Waals surface area contributed by atoms with Gasteiger partial charge in [-0.3, -0.25) is 4.79 Å². The molecule has 0 fully saturated rings. The molecule has 4 aromatic rings. The molecule has 48 heavy (non-hydrogen) atoms. The van der Waals surface area contributed by atoms with Crippen LogP contribution in [0.25, 0.3) is 35.0 Å². The van der Waals surface area contributed by atoms with Crippen molar-refractivity contribution in [3.63, 3.8) is 0 Å². The Hall–Kier alpha value is -2.75. The van der Waals surface area contributed by atoms with Crippen LogP contribution >= 0.6 is 45.3 Å². The number of carbonyl (C=O) groups is 1. The van der Waals surface area contributed by atoms with Crippen molar-refractivity contribution < 1.29 is 9.53 Å². The van der Waals surface area contributed by atoms with E-state index in [9.17, 15) is 4.79 Å². The Bertz CT molecular complexity index is 1780. The lowest BCUT2D eigenvalue weighted by molar-refractivity contribution is -0.123. The molecule has 0 spiro atoms. The molecule has 0 unspecified atom stereocenters. The smallest absolute Gasteiger partial charge is 0.258 e. The minimum Gasteiger partial charge on any atom is -0.381 e. The molecule has 1 amide bonds. The fourth-order valence-corrected chi connectivity index (χ4v) is 10.5. The number of allylic oxidation sites excluding steroid dienone is 1. The molecular weight excluding hydrogens is 669 g/mol. The maximum atomic E-state index is 14.0. The van der Waals surface area contributed by atoms with Gasteiger partial charge in [-0.1, -0.05) is 46.0 Å². The van der Waals surface area contributed by atoms with Gasteiger partial charge in [-0.25, -0.2) is 0 Å². The topological polar surface area (TPSA) is 32.8 Å². The number of unbranched alkanes of at least 4 members (excludes halogenated alkanes) is 5. The molecule has 2 aliphatic heterocycles. The maximum Gasteiger partial charge on any atom is 0.258 e. The highest BCUT2D eigenvalue weighted by atomic mass is 32.1. The van der Waals surface area contributed by atoms with E-state index in [0.29, 0.717) is 13.2 Å². The Morgan fingerprint density at radius 3 is 1.81 bits per heavy atom. The first-order chi connectivity index (χ1) is 23.4. The van der Waals surface area contributed by atoms with Gasteiger partial charge < -0.3 is 14.5 Å². The monoisotopic (exact) mass is 716 g/mol. The summed E-state index contributed by atoms with van der Waals surface area (Å²) >= 11 is 7.36. The summed E-state index contributed by atoms with van der Waals surface area (Å²) in [6.45, 7) is 12.8. The largest absolute Gasteiger partial charge is 0.381 e. The van der Waals surface area contributed by atoms with Crippen molar-refractivity contribution in [1.82, 2.24) is 9.80 Å². The van der Waals surface area contributed by atoms with E-state index in [2.05, 4.69) is 93.3 Å². The van der Waals surface area contributed by atoms with Crippen LogP contribution < -0.4 is 0 Å². The summed E-state index contributed by atoms with van der Waals surface area (Å²) in [5.41, 5.74) is 4.28. The van der Waals surface area contributed by atoms with Crippen molar-refractivity contribution >= 4 is 57.0 Å². The molecule has 0 aliphatic carbocycles. The summed E-state index contributed by atoms with van der Waals surface area (Å²) in [6.07, 6.45) is 13.8. The molecule has 4 aromatic heterocycles. The van der Waals surface area contributed by atoms with Crippen molar-refractivity contribution in [3.8, 4) is 29.3 Å². The van der Waals surface area contributed by atoms with Crippen LogP contribution in [0.2, 0.25) is 0 Å². The third kappa shape index (κ3) is 8.33. The van der Waals surface area contributed by atoms with Gasteiger partial charge >= 0.3 is 0 Å². The SMILES string of the molecule is CCCCCCCOCCCN1C(=O)/C(=C2\C=C(C)N(CCCC)C2)C=C1c1ccc(-c2ccc(-c3ccc(-c4ccc(C)s4)s3)s2)s1. The zero-order valence-corrected chi connectivity index (χ0v) is 32.1. The number of carbonyl (C=O) groups excluding carboxylic acids is 1. The minimum absolute atomic E-state index is 0.128. The first-order valence-electron chi connectivity index (χ1n) is 17.6. The zero-order valence-electron chi connectivity index (χ0n) is 28.8. The van der Waals surface area contributed by atoms with E-state index in [0.717, 1.165) is 60.7 Å². The third-order valence-corrected chi connectivity index (χ3v) is 13.9. The van der Waals surface area contributed by atoms with Crippen LogP contribution in [-0.2, 0) is 9.53 Å². The Balaban J connectivity index is 1.18. The molecule has 2 aliphatic rings. The second-order valence-corrected chi connectivity index (χ2v) is 17.3. The molecule has 0 saturated heterocycles. The average Bonchev–Trinajstić information content (AvgIpc) is 3.92. The molecule has 6 rings (SSSR count). The Morgan fingerprint density at radius 1 is 0.625 bits per heavy atom. The van der Waals surface area contributed by atoms with Crippen molar-refractivity contribution in [1.29, 1.82) is 0 Å². The van der Waals surface area contributed by atoms with Crippen LogP contribution in [0.5, 0.6) is 0 Å². The molecular formula is C40H48N2O2S4. The number of nitrogens with zero attached hydrogens (tertiary/aromatic N) is 2. The average molecular weight is 717 g/mol. The van der Waals surface area contributed by atoms with E-state index in [1.165, 1.54) is 71.9 Å². The number of amides is 1. The van der Waals surface area contributed by atoms with Crippen molar-refractivity contribution in [2.75, 3.05) is 32.8 Å². The van der Waals surface area contributed by atoms with Crippen LogP contribution in [0, 0.1) is 6.92 Å². The van der Waals surface area contributed by atoms with E-state index in [1.807, 2.05) is 38.9 Å². The minimum atomic E-state index is 0.128. The Kier molecular flexibility index (Phi) is 12.3. The summed E-state index contributed by atoms with van der Waals surface area (Å²) in [5, 5.41) is 0. The molecule has 0 N–H and O–H groups in total. The molecule has 254 valence electrons. The van der Waals surface area contributed by atoms with Gasteiger partial charge in [-0.15, -0.1) is 45.3 Å². The van der Waals surface area contributed by atoms with Gasteiger partial charge in [0.05, 0.1) is 10.6 Å². The summed E-state index contributed by atoms with van der Waals surface area (Å²) < 4.78 is 5.99. The zero-order chi connectivity index (χ0) is 33.5. The lowest BCUT2D eigenvalue weighted by atomic mass is 10.1. The highest BCUT2D eigenvalue weighted by Crippen LogP contribution is 2.44. The molecule has 0 atom stereocenters. The normalized spacial score (nSPS) is 16.5. The Morgan fingerprint density at radius 2 is 1.19 bits per heavy atom. The predicted octanol–water partition coefficient (Wildman–Crippen LogP) is 12.1. The molecule has 6 heterocycles. The lowest BCUT2D eigenvalue weighted by Gasteiger charge is -2.20. The summed E-state index contributed by atoms with van der Waals surface area (Å²) in [4.78, 5) is 28.8. The standard InChI is InChI=1S/C40H48N2O2S4/c1-5-7-9-10-11-23-44-24-12-22-42-32(26-31(40(42)43)30-25-28(3)41(27-30)21-8-6-2)33-15-16-36(46-33)37-19-20-39(48-37)38-18-17-35(47-38)34-14-13-29(4)45-34/h13-20,25-26H,5-12,21-24,27H2,1-4H3/b31-30+. The van der Waals surface area contributed by atoms with E-state index < -0.39 is 0 Å². The van der Waals surface area contributed by atoms with Crippen LogP contribution in [0.4, 0.5) is 0 Å². The summed E-state index contributed by atoms with van der Waals surface area (Å²) in [5.74, 6) is 0.128. The van der Waals surface area contributed by atoms with E-state index >= 15 is 0 Å². The number of rotatable bonds is 17. The highest BCUT2D eigenvalue weighted by molar-refractivity contribution is 7.28. The van der Waals surface area contributed by atoms with Gasteiger partial charge in [-0.05, 0) is 99.4 Å². The molecule has 0 aromatic carbocycles. The second-order valence-electron chi connectivity index (χ2n) is 12.8. The molecule has 8 heteroatoms. The predicted molar refractivity (Wildman–Crippen MR) is 210 cm³/mol. The van der Waals surface area contributed by atoms with Crippen LogP contribution in [0.3, 0.4) is 0 Å². The number of thiophene rings is 4. The lowest BCUT2D eigenvalue weighted by Crippen LogP contribution is -2.28. The molecule has 0 bridgehead atoms. The van der Waals surface area contributed by atoms with Gasteiger partial charge in [0.25, 0.3) is 5.91 Å². The molecule has 0 saturated carbocycles. The number of aryl methyl sites for hydroxylation is 1. The Labute approximate surface area is 303 Å². The van der Waals surface area contributed by atoms with Crippen LogP contribution in [0.15, 0.2) is 77.5 Å². The maximum absolute atomic E-state index is 14.0. The number of hydrogen-bond acceptors (Lipinski definition) is 7. The highest BCUT2D eigenvalue weighted by Gasteiger charge is 2.33. The first kappa shape index (κ1) is 35.1. The van der Waals surface area contributed by atoms with E-state index in [1.54, 1.807) is 11.3 Å². The van der Waals surface area contributed by atoms with Gasteiger partial charge in [0.15, 0.2) is 0 Å². The van der Waals surface area contributed by atoms with Gasteiger partial charge in [0.2, 0.25) is 0 Å². The van der Waals surface area contributed by atoms with Crippen LogP contribution in [-0.4, -0.2) is 48.6 Å². The summed E-state index contributed by atoms with van der Waals surface area (Å²) in [6, 6.07) is 17.9. The number of hydrogen-bond donors (Lipinski definition) is 0. The third-order valence-electron chi connectivity index (χ3n) is 9.02. The summed E-state index contributed by atoms with van der Waals surface area (Å²) in [7, 11) is 0. The van der Waals surface area contributed by atoms with Crippen LogP contribution in [0.1, 0.15) is 81.9 Å². The van der Waals surface area contributed by atoms with Crippen molar-refractivity contribution in [2.24, 2.45) is 0 Å². The molecule has 0 radical (unpaired) electrons. The van der Waals surface area contributed by atoms with E-state index in [-0.39, 0.29) is 5.91 Å². The second kappa shape index (κ2) is 16.8. The number of ether oxygens (including phenoxy) is 1. The van der Waals surface area contributed by atoms with E-state index in [4.69, 9.17) is 4.74 Å². The van der Waals surface area contributed by atoms with Crippen molar-refractivity contribution in [2.45, 2.75) is 79.1 Å². The quantitative estimate of drug-likeness (QED) is 0.0805. The fourth-order valence-electron chi connectivity index (χ4n) is 6.29. The molecule has 4 nitrogen and oxygen atoms in total. The van der Waals surface area contributed by atoms with Gasteiger partial charge in [0, 0.05) is 78.3 Å². The van der Waals surface area contributed by atoms with Crippen molar-refractivity contribution in [3.05, 3.63) is 87.3 Å². The van der Waals surface area contributed by atoms with Gasteiger partial charge in [-0.2, -0.15) is 0 Å². The van der Waals surface area contributed by atoms with Gasteiger partial charge in [0.1, 0.15) is 0 Å².